The second-order valence-electron chi connectivity index (χ2n) is 6.23. The molecule has 0 aromatic heterocycles. The highest BCUT2D eigenvalue weighted by Crippen LogP contribution is 2.12. The summed E-state index contributed by atoms with van der Waals surface area (Å²) in [6.07, 6.45) is 16.2. The van der Waals surface area contributed by atoms with E-state index >= 15 is 0 Å². The maximum Gasteiger partial charge on any atom is 0.169 e. The predicted octanol–water partition coefficient (Wildman–Crippen LogP) is 3.24. The molecule has 0 saturated carbocycles. The summed E-state index contributed by atoms with van der Waals surface area (Å²) < 4.78 is 0. The average Bonchev–Trinajstić information content (AvgIpc) is 2.50. The number of hydrogen-bond acceptors (Lipinski definition) is 4. The molecule has 0 aromatic carbocycles. The van der Waals surface area contributed by atoms with E-state index in [1.807, 2.05) is 6.08 Å². The molecule has 4 nitrogen and oxygen atoms in total. The third-order valence-electron chi connectivity index (χ3n) is 4.05. The summed E-state index contributed by atoms with van der Waals surface area (Å²) >= 11 is 0. The molecule has 0 saturated heterocycles. The second kappa shape index (κ2) is 15.5. The van der Waals surface area contributed by atoms with Gasteiger partial charge in [0.05, 0.1) is 12.1 Å². The van der Waals surface area contributed by atoms with Crippen LogP contribution in [0.15, 0.2) is 12.2 Å². The van der Waals surface area contributed by atoms with Gasteiger partial charge in [0, 0.05) is 0 Å². The van der Waals surface area contributed by atoms with E-state index in [1.165, 1.54) is 64.2 Å². The Hall–Kier alpha value is -0.420. The zero-order valence-electron chi connectivity index (χ0n) is 14.3. The Morgan fingerprint density at radius 2 is 1.23 bits per heavy atom. The molecule has 22 heavy (non-hydrogen) atoms. The molecule has 4 heteroatoms. The molecule has 5 N–H and O–H groups in total. The van der Waals surface area contributed by atoms with Crippen LogP contribution in [0.3, 0.4) is 0 Å². The van der Waals surface area contributed by atoms with E-state index in [2.05, 4.69) is 6.92 Å². The molecule has 0 aliphatic rings. The molecular weight excluding hydrogens is 278 g/mol. The fourth-order valence-electron chi connectivity index (χ4n) is 2.47. The maximum atomic E-state index is 9.53. The van der Waals surface area contributed by atoms with Crippen molar-refractivity contribution in [3.05, 3.63) is 12.2 Å². The molecule has 0 aromatic rings. The lowest BCUT2D eigenvalue weighted by Crippen LogP contribution is -2.43. The normalized spacial score (nSPS) is 14.8. The lowest BCUT2D eigenvalue weighted by atomic mass is 10.0. The number of nitrogens with two attached hydrogens (primary N) is 1. The number of unbranched alkanes of at least 4 members (excludes halogenated alkanes) is 11. The zero-order valence-corrected chi connectivity index (χ0v) is 14.3. The summed E-state index contributed by atoms with van der Waals surface area (Å²) in [7, 11) is 0. The Kier molecular flexibility index (Phi) is 15.2. The molecular formula is C18H37NO3. The van der Waals surface area contributed by atoms with Crippen LogP contribution in [0.25, 0.3) is 0 Å². The summed E-state index contributed by atoms with van der Waals surface area (Å²) in [5, 5.41) is 27.2. The Morgan fingerprint density at radius 3 is 1.68 bits per heavy atom. The van der Waals surface area contributed by atoms with Gasteiger partial charge in [-0.2, -0.15) is 0 Å². The fourth-order valence-corrected chi connectivity index (χ4v) is 2.47. The molecule has 0 radical (unpaired) electrons. The minimum absolute atomic E-state index is 0.905. The van der Waals surface area contributed by atoms with Crippen LogP contribution in [0.4, 0.5) is 0 Å². The molecule has 0 amide bonds. The van der Waals surface area contributed by atoms with Gasteiger partial charge in [0.1, 0.15) is 0 Å². The number of rotatable bonds is 15. The summed E-state index contributed by atoms with van der Waals surface area (Å²) in [5.41, 5.74) is 5.41. The topological polar surface area (TPSA) is 86.7 Å². The van der Waals surface area contributed by atoms with Crippen molar-refractivity contribution in [1.82, 2.24) is 0 Å². The minimum atomic E-state index is -1.68. The van der Waals surface area contributed by atoms with E-state index in [0.717, 1.165) is 12.8 Å². The Bertz CT molecular complexity index is 257. The van der Waals surface area contributed by atoms with E-state index in [-0.39, 0.29) is 0 Å². The number of aliphatic hydroxyl groups is 3. The van der Waals surface area contributed by atoms with Crippen molar-refractivity contribution in [1.29, 1.82) is 0 Å². The van der Waals surface area contributed by atoms with Crippen LogP contribution in [0, 0.1) is 0 Å². The number of aliphatic hydroxyl groups excluding tert-OH is 2. The average molecular weight is 315 g/mol. The molecule has 0 aliphatic heterocycles. The van der Waals surface area contributed by atoms with Gasteiger partial charge in [-0.25, -0.2) is 0 Å². The first-order valence-electron chi connectivity index (χ1n) is 9.06. The van der Waals surface area contributed by atoms with Gasteiger partial charge in [-0.15, -0.1) is 0 Å². The van der Waals surface area contributed by atoms with Crippen molar-refractivity contribution >= 4 is 0 Å². The third-order valence-corrected chi connectivity index (χ3v) is 4.05. The Morgan fingerprint density at radius 1 is 0.773 bits per heavy atom. The standard InChI is InChI=1S/C18H37NO3/c1-2-3-4-5-6-7-8-9-10-11-12-13-14-15-16(20)17(19)18(21)22/h14-18,20-22H,2-13,19H2,1H3/b15-14+/t16-,17+/m1/s1. The highest BCUT2D eigenvalue weighted by molar-refractivity contribution is 4.94. The van der Waals surface area contributed by atoms with Crippen LogP contribution in [-0.4, -0.2) is 33.8 Å². The van der Waals surface area contributed by atoms with Crippen LogP contribution >= 0.6 is 0 Å². The van der Waals surface area contributed by atoms with Crippen molar-refractivity contribution in [2.75, 3.05) is 0 Å². The van der Waals surface area contributed by atoms with Gasteiger partial charge in [0.15, 0.2) is 6.29 Å². The smallest absolute Gasteiger partial charge is 0.169 e. The van der Waals surface area contributed by atoms with Gasteiger partial charge >= 0.3 is 0 Å². The number of hydrogen-bond donors (Lipinski definition) is 4. The van der Waals surface area contributed by atoms with Crippen LogP contribution in [-0.2, 0) is 0 Å². The van der Waals surface area contributed by atoms with E-state index in [4.69, 9.17) is 15.9 Å². The van der Waals surface area contributed by atoms with Gasteiger partial charge in [0.2, 0.25) is 0 Å². The Labute approximate surface area is 136 Å². The summed E-state index contributed by atoms with van der Waals surface area (Å²) in [6, 6.07) is -1.03. The molecule has 0 aliphatic carbocycles. The lowest BCUT2D eigenvalue weighted by Gasteiger charge is -2.16. The third kappa shape index (κ3) is 13.3. The van der Waals surface area contributed by atoms with Crippen LogP contribution in [0.5, 0.6) is 0 Å². The highest BCUT2D eigenvalue weighted by Gasteiger charge is 2.17. The first-order chi connectivity index (χ1) is 10.6. The summed E-state index contributed by atoms with van der Waals surface area (Å²) in [4.78, 5) is 0. The summed E-state index contributed by atoms with van der Waals surface area (Å²) in [5.74, 6) is 0. The summed E-state index contributed by atoms with van der Waals surface area (Å²) in [6.45, 7) is 2.25. The SMILES string of the molecule is CCCCCCCCCCCCC/C=C/[C@@H](O)[C@H](N)C(O)O. The zero-order chi connectivity index (χ0) is 16.6. The van der Waals surface area contributed by atoms with E-state index in [0.29, 0.717) is 0 Å². The number of allylic oxidation sites excluding steroid dienone is 1. The van der Waals surface area contributed by atoms with Crippen molar-refractivity contribution in [2.45, 2.75) is 102 Å². The maximum absolute atomic E-state index is 9.53. The van der Waals surface area contributed by atoms with Gasteiger partial charge in [-0.3, -0.25) is 0 Å². The fraction of sp³-hybridized carbons (Fsp3) is 0.889. The van der Waals surface area contributed by atoms with Crippen LogP contribution in [0.2, 0.25) is 0 Å². The van der Waals surface area contributed by atoms with Crippen molar-refractivity contribution in [3.8, 4) is 0 Å². The van der Waals surface area contributed by atoms with Crippen LogP contribution in [0.1, 0.15) is 84.0 Å². The molecule has 2 atom stereocenters. The quantitative estimate of drug-likeness (QED) is 0.212. The molecule has 0 bridgehead atoms. The molecule has 0 spiro atoms. The molecule has 0 unspecified atom stereocenters. The van der Waals surface area contributed by atoms with Crippen molar-refractivity contribution in [3.63, 3.8) is 0 Å². The first-order valence-corrected chi connectivity index (χ1v) is 9.06. The van der Waals surface area contributed by atoms with Gasteiger partial charge in [-0.05, 0) is 12.8 Å². The Balaban J connectivity index is 3.29. The van der Waals surface area contributed by atoms with Gasteiger partial charge < -0.3 is 21.1 Å². The van der Waals surface area contributed by atoms with E-state index in [1.54, 1.807) is 6.08 Å². The second-order valence-corrected chi connectivity index (χ2v) is 6.23. The van der Waals surface area contributed by atoms with Gasteiger partial charge in [0.25, 0.3) is 0 Å². The van der Waals surface area contributed by atoms with Crippen molar-refractivity contribution < 1.29 is 15.3 Å². The van der Waals surface area contributed by atoms with Gasteiger partial charge in [-0.1, -0.05) is 83.3 Å². The van der Waals surface area contributed by atoms with Crippen LogP contribution < -0.4 is 5.73 Å². The molecule has 0 fully saturated rings. The molecule has 132 valence electrons. The molecule has 0 rings (SSSR count). The van der Waals surface area contributed by atoms with E-state index < -0.39 is 18.4 Å². The first kappa shape index (κ1) is 21.6. The highest BCUT2D eigenvalue weighted by atomic mass is 16.5. The van der Waals surface area contributed by atoms with Crippen molar-refractivity contribution in [2.24, 2.45) is 5.73 Å². The predicted molar refractivity (Wildman–Crippen MR) is 92.4 cm³/mol. The minimum Gasteiger partial charge on any atom is -0.387 e. The molecule has 0 heterocycles. The largest absolute Gasteiger partial charge is 0.387 e. The lowest BCUT2D eigenvalue weighted by molar-refractivity contribution is -0.0783. The van der Waals surface area contributed by atoms with E-state index in [9.17, 15) is 5.11 Å². The monoisotopic (exact) mass is 315 g/mol.